The van der Waals surface area contributed by atoms with Gasteiger partial charge in [-0.25, -0.2) is 0 Å². The van der Waals surface area contributed by atoms with E-state index in [9.17, 15) is 4.79 Å². The largest absolute Gasteiger partial charge is 0.303 e. The van der Waals surface area contributed by atoms with E-state index in [0.717, 1.165) is 17.5 Å². The molecule has 0 saturated heterocycles. The Morgan fingerprint density at radius 2 is 2.33 bits per heavy atom. The minimum Gasteiger partial charge on any atom is -0.303 e. The predicted molar refractivity (Wildman–Crippen MR) is 47.1 cm³/mol. The minimum atomic E-state index is 0.424. The van der Waals surface area contributed by atoms with E-state index in [2.05, 4.69) is 18.9 Å². The van der Waals surface area contributed by atoms with Gasteiger partial charge in [0.25, 0.3) is 0 Å². The van der Waals surface area contributed by atoms with Crippen LogP contribution in [0.4, 0.5) is 0 Å². The zero-order valence-electron chi connectivity index (χ0n) is 7.74. The number of aromatic nitrogens is 2. The molecule has 0 bridgehead atoms. The average Bonchev–Trinajstić information content (AvgIpc) is 2.32. The lowest BCUT2D eigenvalue weighted by molar-refractivity contribution is -0.107. The van der Waals surface area contributed by atoms with Crippen molar-refractivity contribution in [3.63, 3.8) is 0 Å². The third-order valence-electron chi connectivity index (χ3n) is 1.91. The summed E-state index contributed by atoms with van der Waals surface area (Å²) in [4.78, 5) is 10.3. The molecule has 1 aromatic heterocycles. The van der Waals surface area contributed by atoms with Crippen LogP contribution in [0, 0.1) is 0 Å². The van der Waals surface area contributed by atoms with Gasteiger partial charge in [-0.3, -0.25) is 4.68 Å². The lowest BCUT2D eigenvalue weighted by Crippen LogP contribution is -2.02. The fraction of sp³-hybridized carbons (Fsp3) is 0.556. The third-order valence-corrected chi connectivity index (χ3v) is 1.91. The molecule has 12 heavy (non-hydrogen) atoms. The molecule has 1 aromatic rings. The second kappa shape index (κ2) is 3.52. The number of hydrogen-bond donors (Lipinski definition) is 0. The summed E-state index contributed by atoms with van der Waals surface area (Å²) in [6, 6.07) is 0. The van der Waals surface area contributed by atoms with Crippen molar-refractivity contribution in [1.82, 2.24) is 9.78 Å². The highest BCUT2D eigenvalue weighted by Crippen LogP contribution is 2.17. The molecule has 3 heteroatoms. The molecule has 1 heterocycles. The molecule has 0 atom stereocenters. The Bertz CT molecular complexity index is 276. The number of aryl methyl sites for hydroxylation is 1. The van der Waals surface area contributed by atoms with Crippen molar-refractivity contribution in [2.45, 2.75) is 26.2 Å². The van der Waals surface area contributed by atoms with Crippen LogP contribution in [0.5, 0.6) is 0 Å². The quantitative estimate of drug-likeness (QED) is 0.634. The van der Waals surface area contributed by atoms with Crippen molar-refractivity contribution in [3.8, 4) is 0 Å². The van der Waals surface area contributed by atoms with Crippen LogP contribution in [0.3, 0.4) is 0 Å². The Morgan fingerprint density at radius 1 is 1.67 bits per heavy atom. The van der Waals surface area contributed by atoms with E-state index in [1.54, 1.807) is 6.20 Å². The van der Waals surface area contributed by atoms with E-state index < -0.39 is 0 Å². The molecule has 0 N–H and O–H groups in total. The molecule has 0 unspecified atom stereocenters. The van der Waals surface area contributed by atoms with Gasteiger partial charge < -0.3 is 4.79 Å². The van der Waals surface area contributed by atoms with Crippen molar-refractivity contribution in [1.29, 1.82) is 0 Å². The summed E-state index contributed by atoms with van der Waals surface area (Å²) in [6.45, 7) is 4.20. The highest BCUT2D eigenvalue weighted by molar-refractivity contribution is 5.55. The normalized spacial score (nSPS) is 10.7. The molecule has 0 aliphatic rings. The third kappa shape index (κ3) is 1.55. The van der Waals surface area contributed by atoms with Gasteiger partial charge in [0.15, 0.2) is 0 Å². The van der Waals surface area contributed by atoms with E-state index in [0.29, 0.717) is 12.3 Å². The summed E-state index contributed by atoms with van der Waals surface area (Å²) in [7, 11) is 1.91. The molecule has 0 saturated carbocycles. The van der Waals surface area contributed by atoms with Gasteiger partial charge in [0.2, 0.25) is 0 Å². The zero-order valence-corrected chi connectivity index (χ0v) is 7.74. The number of aldehydes is 1. The van der Waals surface area contributed by atoms with Crippen LogP contribution in [0.1, 0.15) is 31.0 Å². The lowest BCUT2D eigenvalue weighted by atomic mass is 10.0. The second-order valence-electron chi connectivity index (χ2n) is 3.20. The van der Waals surface area contributed by atoms with E-state index in [-0.39, 0.29) is 0 Å². The van der Waals surface area contributed by atoms with Gasteiger partial charge in [-0.1, -0.05) is 13.8 Å². The van der Waals surface area contributed by atoms with Crippen LogP contribution in [0.25, 0.3) is 0 Å². The molecule has 0 spiro atoms. The van der Waals surface area contributed by atoms with Crippen molar-refractivity contribution in [2.24, 2.45) is 7.05 Å². The Hall–Kier alpha value is -1.12. The molecule has 0 aliphatic carbocycles. The highest BCUT2D eigenvalue weighted by Gasteiger charge is 2.10. The zero-order chi connectivity index (χ0) is 9.14. The average molecular weight is 166 g/mol. The Labute approximate surface area is 72.4 Å². The van der Waals surface area contributed by atoms with Gasteiger partial charge in [-0.05, 0) is 5.92 Å². The van der Waals surface area contributed by atoms with Gasteiger partial charge in [-0.15, -0.1) is 0 Å². The Kier molecular flexibility index (Phi) is 2.63. The van der Waals surface area contributed by atoms with Gasteiger partial charge >= 0.3 is 0 Å². The molecule has 0 aromatic carbocycles. The van der Waals surface area contributed by atoms with Crippen molar-refractivity contribution >= 4 is 6.29 Å². The summed E-state index contributed by atoms with van der Waals surface area (Å²) in [5, 5.41) is 4.11. The Balaban J connectivity index is 3.03. The van der Waals surface area contributed by atoms with Crippen molar-refractivity contribution in [2.75, 3.05) is 0 Å². The Morgan fingerprint density at radius 3 is 2.83 bits per heavy atom. The van der Waals surface area contributed by atoms with Gasteiger partial charge in [0, 0.05) is 24.7 Å². The molecule has 1 rings (SSSR count). The number of hydrogen-bond acceptors (Lipinski definition) is 2. The number of rotatable bonds is 3. The fourth-order valence-electron chi connectivity index (χ4n) is 1.48. The SMILES string of the molecule is CC(C)c1c(CC=O)cnn1C. The van der Waals surface area contributed by atoms with Crippen LogP contribution in [0.15, 0.2) is 6.20 Å². The minimum absolute atomic E-state index is 0.424. The number of nitrogens with zero attached hydrogens (tertiary/aromatic N) is 2. The molecular weight excluding hydrogens is 152 g/mol. The van der Waals surface area contributed by atoms with Crippen LogP contribution < -0.4 is 0 Å². The second-order valence-corrected chi connectivity index (χ2v) is 3.20. The maximum Gasteiger partial charge on any atom is 0.124 e. The van der Waals surface area contributed by atoms with Gasteiger partial charge in [0.1, 0.15) is 6.29 Å². The van der Waals surface area contributed by atoms with Gasteiger partial charge in [0.05, 0.1) is 6.20 Å². The van der Waals surface area contributed by atoms with Crippen LogP contribution >= 0.6 is 0 Å². The fourth-order valence-corrected chi connectivity index (χ4v) is 1.48. The van der Waals surface area contributed by atoms with E-state index in [1.807, 2.05) is 11.7 Å². The first-order valence-electron chi connectivity index (χ1n) is 4.11. The summed E-state index contributed by atoms with van der Waals surface area (Å²) in [6.07, 6.45) is 3.16. The van der Waals surface area contributed by atoms with Crippen LogP contribution in [-0.2, 0) is 18.3 Å². The molecule has 66 valence electrons. The number of carbonyl (C=O) groups excluding carboxylic acids is 1. The van der Waals surface area contributed by atoms with Crippen LogP contribution in [-0.4, -0.2) is 16.1 Å². The summed E-state index contributed by atoms with van der Waals surface area (Å²) >= 11 is 0. The molecule has 0 fully saturated rings. The van der Waals surface area contributed by atoms with E-state index >= 15 is 0 Å². The summed E-state index contributed by atoms with van der Waals surface area (Å²) in [5.41, 5.74) is 2.20. The maximum atomic E-state index is 10.3. The molecule has 0 aliphatic heterocycles. The smallest absolute Gasteiger partial charge is 0.124 e. The highest BCUT2D eigenvalue weighted by atomic mass is 16.1. The topological polar surface area (TPSA) is 34.9 Å². The standard InChI is InChI=1S/C9H14N2O/c1-7(2)9-8(4-5-12)6-10-11(9)3/h5-7H,4H2,1-3H3. The molecular formula is C9H14N2O. The predicted octanol–water partition coefficient (Wildman–Crippen LogP) is 1.28. The molecule has 0 amide bonds. The first-order valence-corrected chi connectivity index (χ1v) is 4.11. The van der Waals surface area contributed by atoms with Crippen molar-refractivity contribution in [3.05, 3.63) is 17.5 Å². The van der Waals surface area contributed by atoms with E-state index in [1.165, 1.54) is 0 Å². The maximum absolute atomic E-state index is 10.3. The van der Waals surface area contributed by atoms with Gasteiger partial charge in [-0.2, -0.15) is 5.10 Å². The molecule has 3 nitrogen and oxygen atoms in total. The van der Waals surface area contributed by atoms with Crippen molar-refractivity contribution < 1.29 is 4.79 Å². The number of carbonyl (C=O) groups is 1. The first-order chi connectivity index (χ1) is 5.66. The van der Waals surface area contributed by atoms with Crippen LogP contribution in [0.2, 0.25) is 0 Å². The monoisotopic (exact) mass is 166 g/mol. The van der Waals surface area contributed by atoms with E-state index in [4.69, 9.17) is 0 Å². The first kappa shape index (κ1) is 8.97. The lowest BCUT2D eigenvalue weighted by Gasteiger charge is -2.07. The summed E-state index contributed by atoms with van der Waals surface area (Å²) < 4.78 is 1.84. The molecule has 0 radical (unpaired) electrons. The summed E-state index contributed by atoms with van der Waals surface area (Å²) in [5.74, 6) is 0.424.